The lowest BCUT2D eigenvalue weighted by atomic mass is 10.1. The predicted octanol–water partition coefficient (Wildman–Crippen LogP) is -0.944. The number of nitrogens with zero attached hydrogens (tertiary/aromatic N) is 1. The first kappa shape index (κ1) is 7.17. The molecule has 0 bridgehead atoms. The fourth-order valence-electron chi connectivity index (χ4n) is 1.21. The number of H-pyrrole nitrogens is 1. The summed E-state index contributed by atoms with van der Waals surface area (Å²) in [5.74, 6) is -0.0278. The Labute approximate surface area is 67.8 Å². The summed E-state index contributed by atoms with van der Waals surface area (Å²) in [4.78, 5) is 27.9. The SMILES string of the molecule is O=C1CNCc2[nH]c(=O)ncc21. The summed E-state index contributed by atoms with van der Waals surface area (Å²) in [6, 6.07) is 0. The molecular formula is C7H7N3O2. The van der Waals surface area contributed by atoms with Crippen molar-refractivity contribution in [2.75, 3.05) is 6.54 Å². The number of rotatable bonds is 0. The van der Waals surface area contributed by atoms with Gasteiger partial charge in [-0.2, -0.15) is 0 Å². The van der Waals surface area contributed by atoms with E-state index in [1.165, 1.54) is 6.20 Å². The fourth-order valence-corrected chi connectivity index (χ4v) is 1.21. The molecule has 0 aliphatic carbocycles. The molecule has 0 saturated heterocycles. The van der Waals surface area contributed by atoms with Gasteiger partial charge in [0.25, 0.3) is 0 Å². The lowest BCUT2D eigenvalue weighted by Gasteiger charge is -2.13. The van der Waals surface area contributed by atoms with Crippen molar-refractivity contribution >= 4 is 5.78 Å². The third kappa shape index (κ3) is 1.04. The molecule has 2 heterocycles. The number of Topliss-reactive ketones (excluding diaryl/α,β-unsaturated/α-hetero) is 1. The van der Waals surface area contributed by atoms with Gasteiger partial charge >= 0.3 is 5.69 Å². The highest BCUT2D eigenvalue weighted by Gasteiger charge is 2.16. The summed E-state index contributed by atoms with van der Waals surface area (Å²) >= 11 is 0. The number of hydrogen-bond donors (Lipinski definition) is 2. The largest absolute Gasteiger partial charge is 0.345 e. The van der Waals surface area contributed by atoms with Crippen molar-refractivity contribution in [3.05, 3.63) is 27.9 Å². The number of carbonyl (C=O) groups is 1. The average Bonchev–Trinajstić information content (AvgIpc) is 2.04. The van der Waals surface area contributed by atoms with E-state index in [-0.39, 0.29) is 5.78 Å². The average molecular weight is 165 g/mol. The van der Waals surface area contributed by atoms with Gasteiger partial charge in [-0.25, -0.2) is 9.78 Å². The minimum absolute atomic E-state index is 0.0278. The molecule has 0 fully saturated rings. The maximum atomic E-state index is 11.2. The molecule has 62 valence electrons. The van der Waals surface area contributed by atoms with Crippen LogP contribution in [0.15, 0.2) is 11.0 Å². The Hall–Kier alpha value is -1.49. The van der Waals surface area contributed by atoms with Crippen LogP contribution in [0.4, 0.5) is 0 Å². The van der Waals surface area contributed by atoms with E-state index in [1.807, 2.05) is 0 Å². The van der Waals surface area contributed by atoms with E-state index in [0.29, 0.717) is 24.3 Å². The molecule has 1 aliphatic heterocycles. The summed E-state index contributed by atoms with van der Waals surface area (Å²) < 4.78 is 0. The van der Waals surface area contributed by atoms with E-state index >= 15 is 0 Å². The molecular weight excluding hydrogens is 158 g/mol. The summed E-state index contributed by atoms with van der Waals surface area (Å²) in [5.41, 5.74) is 0.741. The van der Waals surface area contributed by atoms with Crippen molar-refractivity contribution in [1.82, 2.24) is 15.3 Å². The van der Waals surface area contributed by atoms with Crippen LogP contribution in [0.2, 0.25) is 0 Å². The zero-order valence-electron chi connectivity index (χ0n) is 6.26. The second-order valence-electron chi connectivity index (χ2n) is 2.61. The van der Waals surface area contributed by atoms with Crippen LogP contribution < -0.4 is 11.0 Å². The van der Waals surface area contributed by atoms with Crippen LogP contribution in [0.1, 0.15) is 16.1 Å². The van der Waals surface area contributed by atoms with E-state index in [2.05, 4.69) is 15.3 Å². The predicted molar refractivity (Wildman–Crippen MR) is 40.9 cm³/mol. The molecule has 0 unspecified atom stereocenters. The molecule has 5 heteroatoms. The Morgan fingerprint density at radius 2 is 2.17 bits per heavy atom. The third-order valence-electron chi connectivity index (χ3n) is 1.78. The minimum Gasteiger partial charge on any atom is -0.308 e. The highest BCUT2D eigenvalue weighted by Crippen LogP contribution is 2.06. The summed E-state index contributed by atoms with van der Waals surface area (Å²) in [6.45, 7) is 0.847. The van der Waals surface area contributed by atoms with E-state index in [9.17, 15) is 9.59 Å². The molecule has 0 atom stereocenters. The Morgan fingerprint density at radius 3 is 3.00 bits per heavy atom. The van der Waals surface area contributed by atoms with Crippen molar-refractivity contribution in [3.8, 4) is 0 Å². The zero-order chi connectivity index (χ0) is 8.55. The van der Waals surface area contributed by atoms with Crippen LogP contribution in [0.25, 0.3) is 0 Å². The molecule has 0 radical (unpaired) electrons. The van der Waals surface area contributed by atoms with Crippen LogP contribution >= 0.6 is 0 Å². The molecule has 1 aromatic rings. The Balaban J connectivity index is 2.60. The highest BCUT2D eigenvalue weighted by molar-refractivity contribution is 5.99. The molecule has 5 nitrogen and oxygen atoms in total. The van der Waals surface area contributed by atoms with Gasteiger partial charge < -0.3 is 10.3 Å². The van der Waals surface area contributed by atoms with Gasteiger partial charge in [-0.15, -0.1) is 0 Å². The molecule has 12 heavy (non-hydrogen) atoms. The Bertz CT molecular complexity index is 382. The summed E-state index contributed by atoms with van der Waals surface area (Å²) in [6.07, 6.45) is 1.33. The molecule has 0 aromatic carbocycles. The first-order valence-corrected chi connectivity index (χ1v) is 3.59. The molecule has 2 rings (SSSR count). The Kier molecular flexibility index (Phi) is 1.51. The molecule has 0 amide bonds. The number of fused-ring (bicyclic) bond motifs is 1. The van der Waals surface area contributed by atoms with Gasteiger partial charge in [0, 0.05) is 18.4 Å². The lowest BCUT2D eigenvalue weighted by Crippen LogP contribution is -2.33. The molecule has 1 aliphatic rings. The maximum Gasteiger partial charge on any atom is 0.345 e. The van der Waals surface area contributed by atoms with Crippen molar-refractivity contribution in [1.29, 1.82) is 0 Å². The first-order chi connectivity index (χ1) is 5.77. The van der Waals surface area contributed by atoms with Crippen LogP contribution in [0, 0.1) is 0 Å². The minimum atomic E-state index is -0.412. The number of nitrogens with one attached hydrogen (secondary N) is 2. The molecule has 0 saturated carbocycles. The number of carbonyl (C=O) groups excluding carboxylic acids is 1. The standard InChI is InChI=1S/C7H7N3O2/c11-6-3-8-2-5-4(6)1-9-7(12)10-5/h1,8H,2-3H2,(H,9,10,12). The Morgan fingerprint density at radius 1 is 1.33 bits per heavy atom. The number of ketones is 1. The van der Waals surface area contributed by atoms with E-state index in [4.69, 9.17) is 0 Å². The number of aromatic nitrogens is 2. The van der Waals surface area contributed by atoms with E-state index in [0.717, 1.165) is 0 Å². The van der Waals surface area contributed by atoms with Crippen molar-refractivity contribution < 1.29 is 4.79 Å². The molecule has 0 spiro atoms. The van der Waals surface area contributed by atoms with Crippen LogP contribution in [-0.2, 0) is 6.54 Å². The third-order valence-corrected chi connectivity index (χ3v) is 1.78. The normalized spacial score (nSPS) is 15.8. The second-order valence-corrected chi connectivity index (χ2v) is 2.61. The van der Waals surface area contributed by atoms with Gasteiger partial charge in [0.05, 0.1) is 12.1 Å². The van der Waals surface area contributed by atoms with Crippen LogP contribution in [-0.4, -0.2) is 22.3 Å². The fraction of sp³-hybridized carbons (Fsp3) is 0.286. The molecule has 2 N–H and O–H groups in total. The summed E-state index contributed by atoms with van der Waals surface area (Å²) in [7, 11) is 0. The van der Waals surface area contributed by atoms with Gasteiger partial charge in [-0.05, 0) is 0 Å². The van der Waals surface area contributed by atoms with Crippen LogP contribution in [0.3, 0.4) is 0 Å². The second kappa shape index (κ2) is 2.53. The monoisotopic (exact) mass is 165 g/mol. The zero-order valence-corrected chi connectivity index (χ0v) is 6.26. The van der Waals surface area contributed by atoms with Crippen molar-refractivity contribution in [2.45, 2.75) is 6.54 Å². The number of hydrogen-bond acceptors (Lipinski definition) is 4. The topological polar surface area (TPSA) is 74.8 Å². The quantitative estimate of drug-likeness (QED) is 0.520. The van der Waals surface area contributed by atoms with Gasteiger partial charge in [-0.3, -0.25) is 4.79 Å². The smallest absolute Gasteiger partial charge is 0.308 e. The van der Waals surface area contributed by atoms with Crippen molar-refractivity contribution in [2.24, 2.45) is 0 Å². The van der Waals surface area contributed by atoms with E-state index in [1.54, 1.807) is 0 Å². The van der Waals surface area contributed by atoms with Gasteiger partial charge in [0.1, 0.15) is 0 Å². The van der Waals surface area contributed by atoms with Crippen molar-refractivity contribution in [3.63, 3.8) is 0 Å². The van der Waals surface area contributed by atoms with Gasteiger partial charge in [0.2, 0.25) is 0 Å². The highest BCUT2D eigenvalue weighted by atomic mass is 16.1. The van der Waals surface area contributed by atoms with Gasteiger partial charge in [0.15, 0.2) is 5.78 Å². The maximum absolute atomic E-state index is 11.2. The van der Waals surface area contributed by atoms with E-state index < -0.39 is 5.69 Å². The number of aromatic amines is 1. The molecule has 1 aromatic heterocycles. The summed E-state index contributed by atoms with van der Waals surface area (Å²) in [5, 5.41) is 2.87. The lowest BCUT2D eigenvalue weighted by molar-refractivity contribution is 0.0980. The van der Waals surface area contributed by atoms with Gasteiger partial charge in [-0.1, -0.05) is 0 Å². The first-order valence-electron chi connectivity index (χ1n) is 3.59. The van der Waals surface area contributed by atoms with Crippen LogP contribution in [0.5, 0.6) is 0 Å².